The zero-order valence-electron chi connectivity index (χ0n) is 16.9. The highest BCUT2D eigenvalue weighted by Gasteiger charge is 2.42. The van der Waals surface area contributed by atoms with Crippen LogP contribution in [0.15, 0.2) is 56.5 Å². The highest BCUT2D eigenvalue weighted by atomic mass is 32.3. The number of hydrazone groups is 1. The number of halogens is 1. The molecule has 0 radical (unpaired) electrons. The fourth-order valence-corrected chi connectivity index (χ4v) is 5.94. The van der Waals surface area contributed by atoms with Crippen molar-refractivity contribution in [2.24, 2.45) is 10.1 Å². The predicted octanol–water partition coefficient (Wildman–Crippen LogP) is 2.32. The van der Waals surface area contributed by atoms with E-state index in [2.05, 4.69) is 10.1 Å². The summed E-state index contributed by atoms with van der Waals surface area (Å²) in [5.74, 6) is -0.669. The lowest BCUT2D eigenvalue weighted by atomic mass is 10.1. The third-order valence-corrected chi connectivity index (χ3v) is 8.16. The lowest BCUT2D eigenvalue weighted by molar-refractivity contribution is -0.114. The average Bonchev–Trinajstić information content (AvgIpc) is 3.45. The minimum atomic E-state index is -3.90. The molecule has 0 unspecified atom stereocenters. The van der Waals surface area contributed by atoms with Gasteiger partial charge in [0.1, 0.15) is 17.3 Å². The van der Waals surface area contributed by atoms with Crippen molar-refractivity contribution in [2.75, 3.05) is 26.3 Å². The minimum absolute atomic E-state index is 0.000399. The molecule has 3 aliphatic heterocycles. The Kier molecular flexibility index (Phi) is 5.48. The summed E-state index contributed by atoms with van der Waals surface area (Å²) < 4.78 is 50.8. The summed E-state index contributed by atoms with van der Waals surface area (Å²) in [5, 5.41) is 13.5. The van der Waals surface area contributed by atoms with Crippen LogP contribution in [-0.4, -0.2) is 65.3 Å². The van der Waals surface area contributed by atoms with E-state index < -0.39 is 15.9 Å². The van der Waals surface area contributed by atoms with E-state index in [0.717, 1.165) is 16.8 Å². The summed E-state index contributed by atoms with van der Waals surface area (Å²) >= 11 is 0.726. The van der Waals surface area contributed by atoms with E-state index in [9.17, 15) is 17.6 Å². The van der Waals surface area contributed by atoms with Gasteiger partial charge in [-0.05, 0) is 54.2 Å². The summed E-state index contributed by atoms with van der Waals surface area (Å²) in [6.45, 7) is 0.966. The Hall–Kier alpha value is -3.13. The number of benzene rings is 1. The number of amides is 1. The molecule has 10 nitrogen and oxygen atoms in total. The standard InChI is InChI=1S/C20H16FN5O5S2/c21-13-3-1-12(2-4-13)16-6-5-14(31-16)11-15-17(22)26-19(23-18(15)27)32-20(24-26)33(28,29)25-7-9-30-10-8-25/h1-6,11,22H,7-10H2. The number of hydrogen-bond acceptors (Lipinski definition) is 8. The average molecular weight is 490 g/mol. The van der Waals surface area contributed by atoms with Gasteiger partial charge in [-0.1, -0.05) is 0 Å². The van der Waals surface area contributed by atoms with E-state index in [-0.39, 0.29) is 58.8 Å². The van der Waals surface area contributed by atoms with Crippen LogP contribution in [0.25, 0.3) is 17.4 Å². The number of fused-ring (bicyclic) bond motifs is 1. The molecule has 1 fully saturated rings. The zero-order chi connectivity index (χ0) is 23.2. The van der Waals surface area contributed by atoms with Gasteiger partial charge in [-0.2, -0.15) is 14.3 Å². The monoisotopic (exact) mass is 489 g/mol. The molecule has 5 rings (SSSR count). The fraction of sp³-hybridized carbons (Fsp3) is 0.200. The SMILES string of the molecule is N=C1C(=Cc2ccc(-c3ccc(F)cc3)o2)C(=O)N=C2SC(S(=O)(=O)N3CCOCC3)=NN12. The predicted molar refractivity (Wildman–Crippen MR) is 120 cm³/mol. The lowest BCUT2D eigenvalue weighted by Crippen LogP contribution is -2.42. The molecular weight excluding hydrogens is 473 g/mol. The Morgan fingerprint density at radius 2 is 1.85 bits per heavy atom. The van der Waals surface area contributed by atoms with E-state index in [1.807, 2.05) is 0 Å². The first kappa shape index (κ1) is 21.7. The molecular formula is C20H16FN5O5S2. The Balaban J connectivity index is 1.41. The molecule has 1 N–H and O–H groups in total. The van der Waals surface area contributed by atoms with Crippen LogP contribution in [-0.2, 0) is 19.6 Å². The second-order valence-corrected chi connectivity index (χ2v) is 10.2. The van der Waals surface area contributed by atoms with Crippen molar-refractivity contribution in [2.45, 2.75) is 0 Å². The molecule has 1 amide bonds. The maximum Gasteiger partial charge on any atom is 0.283 e. The third kappa shape index (κ3) is 4.04. The molecule has 0 atom stereocenters. The van der Waals surface area contributed by atoms with Gasteiger partial charge in [0.2, 0.25) is 9.54 Å². The van der Waals surface area contributed by atoms with Crippen LogP contribution in [0.1, 0.15) is 5.76 Å². The van der Waals surface area contributed by atoms with Crippen LogP contribution in [0.2, 0.25) is 0 Å². The Morgan fingerprint density at radius 1 is 1.12 bits per heavy atom. The van der Waals surface area contributed by atoms with Crippen molar-refractivity contribution in [1.29, 1.82) is 5.41 Å². The number of morpholine rings is 1. The van der Waals surface area contributed by atoms with Gasteiger partial charge in [0.15, 0.2) is 5.84 Å². The van der Waals surface area contributed by atoms with E-state index in [1.54, 1.807) is 24.3 Å². The second kappa shape index (κ2) is 8.33. The lowest BCUT2D eigenvalue weighted by Gasteiger charge is -2.25. The highest BCUT2D eigenvalue weighted by Crippen LogP contribution is 2.32. The number of rotatable bonds is 3. The zero-order valence-corrected chi connectivity index (χ0v) is 18.5. The van der Waals surface area contributed by atoms with Gasteiger partial charge < -0.3 is 9.15 Å². The van der Waals surface area contributed by atoms with Crippen LogP contribution in [0.3, 0.4) is 0 Å². The number of carbonyl (C=O) groups excluding carboxylic acids is 1. The molecule has 0 spiro atoms. The Bertz CT molecular complexity index is 1340. The largest absolute Gasteiger partial charge is 0.457 e. The smallest absolute Gasteiger partial charge is 0.283 e. The van der Waals surface area contributed by atoms with E-state index in [4.69, 9.17) is 14.6 Å². The van der Waals surface area contributed by atoms with Crippen LogP contribution in [0, 0.1) is 11.2 Å². The molecule has 4 heterocycles. The number of sulfonamides is 1. The van der Waals surface area contributed by atoms with Crippen molar-refractivity contribution in [3.8, 4) is 11.3 Å². The molecule has 1 aromatic heterocycles. The number of ether oxygens (including phenoxy) is 1. The molecule has 0 bridgehead atoms. The molecule has 1 saturated heterocycles. The maximum absolute atomic E-state index is 13.1. The fourth-order valence-electron chi connectivity index (χ4n) is 3.32. The van der Waals surface area contributed by atoms with Gasteiger partial charge in [-0.3, -0.25) is 10.2 Å². The number of thioether (sulfide) groups is 1. The van der Waals surface area contributed by atoms with Crippen molar-refractivity contribution >= 4 is 49.1 Å². The van der Waals surface area contributed by atoms with E-state index in [0.29, 0.717) is 11.3 Å². The van der Waals surface area contributed by atoms with Gasteiger partial charge in [0.25, 0.3) is 15.9 Å². The first-order chi connectivity index (χ1) is 15.8. The van der Waals surface area contributed by atoms with E-state index in [1.165, 1.54) is 22.5 Å². The molecule has 13 heteroatoms. The molecule has 0 aliphatic carbocycles. The van der Waals surface area contributed by atoms with Crippen molar-refractivity contribution in [3.05, 3.63) is 53.5 Å². The summed E-state index contributed by atoms with van der Waals surface area (Å²) in [7, 11) is -3.90. The molecule has 2 aromatic rings. The van der Waals surface area contributed by atoms with Crippen LogP contribution >= 0.6 is 11.8 Å². The van der Waals surface area contributed by atoms with E-state index >= 15 is 0 Å². The molecule has 170 valence electrons. The molecule has 0 saturated carbocycles. The van der Waals surface area contributed by atoms with Gasteiger partial charge in [0.05, 0.1) is 18.8 Å². The third-order valence-electron chi connectivity index (χ3n) is 5.01. The quantitative estimate of drug-likeness (QED) is 0.655. The second-order valence-electron chi connectivity index (χ2n) is 7.11. The van der Waals surface area contributed by atoms with Gasteiger partial charge in [-0.25, -0.2) is 12.8 Å². The number of nitrogens with zero attached hydrogens (tertiary/aromatic N) is 4. The highest BCUT2D eigenvalue weighted by molar-refractivity contribution is 8.42. The Labute approximate surface area is 192 Å². The number of hydrogen-bond donors (Lipinski definition) is 1. The first-order valence-corrected chi connectivity index (χ1v) is 12.0. The summed E-state index contributed by atoms with van der Waals surface area (Å²) in [6.07, 6.45) is 1.34. The van der Waals surface area contributed by atoms with Crippen LogP contribution in [0.4, 0.5) is 4.39 Å². The van der Waals surface area contributed by atoms with Crippen LogP contribution in [0.5, 0.6) is 0 Å². The number of furan rings is 1. The molecule has 33 heavy (non-hydrogen) atoms. The first-order valence-electron chi connectivity index (χ1n) is 9.77. The maximum atomic E-state index is 13.1. The van der Waals surface area contributed by atoms with Crippen molar-refractivity contribution in [1.82, 2.24) is 9.31 Å². The van der Waals surface area contributed by atoms with Gasteiger partial charge >= 0.3 is 0 Å². The minimum Gasteiger partial charge on any atom is -0.457 e. The number of aliphatic imine (C=N–C) groups is 1. The summed E-state index contributed by atoms with van der Waals surface area (Å²) in [4.78, 5) is 16.5. The van der Waals surface area contributed by atoms with Crippen molar-refractivity contribution < 1.29 is 26.8 Å². The number of amidine groups is 2. The van der Waals surface area contributed by atoms with Crippen LogP contribution < -0.4 is 0 Å². The van der Waals surface area contributed by atoms with Crippen molar-refractivity contribution in [3.63, 3.8) is 0 Å². The van der Waals surface area contributed by atoms with Gasteiger partial charge in [-0.15, -0.1) is 5.10 Å². The summed E-state index contributed by atoms with van der Waals surface area (Å²) in [5.41, 5.74) is 0.540. The normalized spacial score (nSPS) is 20.8. The van der Waals surface area contributed by atoms with Gasteiger partial charge in [0, 0.05) is 18.7 Å². The number of nitrogens with one attached hydrogen (secondary N) is 1. The Morgan fingerprint density at radius 3 is 2.58 bits per heavy atom. The summed E-state index contributed by atoms with van der Waals surface area (Å²) in [6, 6.07) is 8.98. The topological polar surface area (TPSA) is 129 Å². The molecule has 1 aromatic carbocycles. The molecule has 3 aliphatic rings. The number of carbonyl (C=O) groups is 1.